The summed E-state index contributed by atoms with van der Waals surface area (Å²) in [6.07, 6.45) is 0. The summed E-state index contributed by atoms with van der Waals surface area (Å²) in [5.74, 6) is -4.76. The van der Waals surface area contributed by atoms with Gasteiger partial charge in [-0.3, -0.25) is 14.4 Å². The number of benzene rings is 3. The van der Waals surface area contributed by atoms with E-state index in [4.69, 9.17) is 32.5 Å². The smallest absolute Gasteiger partial charge is 0.354 e. The van der Waals surface area contributed by atoms with Crippen LogP contribution >= 0.6 is 0 Å². The molecule has 0 fully saturated rings. The van der Waals surface area contributed by atoms with E-state index in [2.05, 4.69) is 30.9 Å². The molecule has 0 aliphatic carbocycles. The Bertz CT molecular complexity index is 2340. The fourth-order valence-corrected chi connectivity index (χ4v) is 5.55. The zero-order valence-electron chi connectivity index (χ0n) is 34.7. The summed E-state index contributed by atoms with van der Waals surface area (Å²) in [6.45, 7) is 6.65. The van der Waals surface area contributed by atoms with Crippen LogP contribution in [0.2, 0.25) is 0 Å². The van der Waals surface area contributed by atoms with Crippen molar-refractivity contribution < 1.29 is 82.7 Å². The molecule has 64 heavy (non-hydrogen) atoms. The van der Waals surface area contributed by atoms with E-state index < -0.39 is 35.6 Å². The van der Waals surface area contributed by atoms with Gasteiger partial charge in [-0.25, -0.2) is 29.3 Å². The molecule has 0 saturated carbocycles. The Labute approximate surface area is 398 Å². The number of nitrogens with zero attached hydrogens (tertiary/aromatic N) is 3. The van der Waals surface area contributed by atoms with E-state index in [1.54, 1.807) is 112 Å². The zero-order chi connectivity index (χ0) is 46.2. The van der Waals surface area contributed by atoms with Crippen LogP contribution in [0.1, 0.15) is 83.7 Å². The number of anilines is 3. The molecule has 0 spiro atoms. The standard InChI is InChI=1S/3C15H15N3O3.Tb/c3*1-2-17-14(19)12-7-10(8-13(18-12)15(20)21)9-3-5-11(16)6-4-9;/h3*3-8H,2,16H2,1H3,(H,17,19)(H,20,21);. The molecule has 3 heterocycles. The number of nitrogens with two attached hydrogens (primary N) is 3. The van der Waals surface area contributed by atoms with Crippen molar-refractivity contribution in [2.75, 3.05) is 36.8 Å². The Kier molecular flexibility index (Phi) is 19.4. The first-order chi connectivity index (χ1) is 30.0. The second-order valence-corrected chi connectivity index (χ2v) is 13.2. The summed E-state index contributed by atoms with van der Waals surface area (Å²) in [5.41, 5.74) is 22.5. The predicted octanol–water partition coefficient (Wildman–Crippen LogP) is 5.34. The maximum atomic E-state index is 11.9. The first-order valence-electron chi connectivity index (χ1n) is 19.2. The average Bonchev–Trinajstić information content (AvgIpc) is 3.27. The number of nitrogen functional groups attached to an aromatic ring is 3. The fourth-order valence-electron chi connectivity index (χ4n) is 5.55. The van der Waals surface area contributed by atoms with Gasteiger partial charge in [0.05, 0.1) is 0 Å². The number of carbonyl (C=O) groups is 6. The maximum Gasteiger partial charge on any atom is 0.354 e. The van der Waals surface area contributed by atoms with Gasteiger partial charge in [0.15, 0.2) is 0 Å². The molecule has 3 aromatic heterocycles. The molecule has 6 rings (SSSR count). The number of nitrogens with one attached hydrogen (secondary N) is 3. The van der Waals surface area contributed by atoms with Crippen LogP contribution in [0.3, 0.4) is 0 Å². The Hall–Kier alpha value is -7.38. The van der Waals surface area contributed by atoms with Crippen LogP contribution in [0, 0.1) is 38.6 Å². The molecule has 0 saturated heterocycles. The molecule has 3 amide bonds. The molecule has 19 heteroatoms. The number of aromatic nitrogens is 3. The first kappa shape index (κ1) is 51.0. The Balaban J connectivity index is 0.000000253. The zero-order valence-corrected chi connectivity index (χ0v) is 36.9. The number of aromatic carboxylic acids is 3. The van der Waals surface area contributed by atoms with Crippen molar-refractivity contribution in [2.24, 2.45) is 0 Å². The number of amides is 3. The van der Waals surface area contributed by atoms with Crippen molar-refractivity contribution in [3.63, 3.8) is 0 Å². The molecular formula is C45H45N9O9Tb. The molecule has 3 aromatic carbocycles. The summed E-state index contributed by atoms with van der Waals surface area (Å²) in [4.78, 5) is 80.7. The van der Waals surface area contributed by atoms with Crippen LogP contribution in [0.5, 0.6) is 0 Å². The summed E-state index contributed by atoms with van der Waals surface area (Å²) in [6, 6.07) is 29.8. The summed E-state index contributed by atoms with van der Waals surface area (Å²) in [5, 5.41) is 35.2. The van der Waals surface area contributed by atoms with Crippen molar-refractivity contribution in [3.8, 4) is 33.4 Å². The molecular weight excluding hydrogens is 969 g/mol. The SMILES string of the molecule is CCNC(=O)c1cc(-c2ccc(N)cc2)cc(C(=O)O)n1.CCNC(=O)c1cc(-c2ccc(N)cc2)cc(C(=O)O)n1.CCNC(=O)c1cc(-c2ccc(N)cc2)cc(C(=O)O)n1.[Tb]. The molecule has 12 N–H and O–H groups in total. The molecule has 333 valence electrons. The quantitative estimate of drug-likeness (QED) is 0.0699. The normalized spacial score (nSPS) is 9.98. The van der Waals surface area contributed by atoms with Gasteiger partial charge in [0.2, 0.25) is 0 Å². The third-order valence-electron chi connectivity index (χ3n) is 8.58. The minimum absolute atomic E-state index is 0. The molecule has 0 unspecified atom stereocenters. The van der Waals surface area contributed by atoms with Crippen molar-refractivity contribution in [2.45, 2.75) is 20.8 Å². The van der Waals surface area contributed by atoms with Crippen LogP contribution in [-0.4, -0.2) is 85.5 Å². The second-order valence-electron chi connectivity index (χ2n) is 13.2. The third-order valence-corrected chi connectivity index (χ3v) is 8.58. The Morgan fingerprint density at radius 2 is 0.594 bits per heavy atom. The van der Waals surface area contributed by atoms with Crippen LogP contribution in [-0.2, 0) is 0 Å². The number of carboxylic acid groups (broad SMARTS) is 3. The molecule has 0 aliphatic rings. The fraction of sp³-hybridized carbons (Fsp3) is 0.133. The van der Waals surface area contributed by atoms with Gasteiger partial charge in [-0.15, -0.1) is 0 Å². The van der Waals surface area contributed by atoms with Crippen molar-refractivity contribution in [1.82, 2.24) is 30.9 Å². The van der Waals surface area contributed by atoms with Crippen LogP contribution in [0.25, 0.3) is 33.4 Å². The van der Waals surface area contributed by atoms with Gasteiger partial charge in [0.25, 0.3) is 17.7 Å². The van der Waals surface area contributed by atoms with Crippen molar-refractivity contribution >= 4 is 52.7 Å². The van der Waals surface area contributed by atoms with Crippen molar-refractivity contribution in [1.29, 1.82) is 0 Å². The summed E-state index contributed by atoms with van der Waals surface area (Å²) < 4.78 is 0. The predicted molar refractivity (Wildman–Crippen MR) is 237 cm³/mol. The Morgan fingerprint density at radius 3 is 0.781 bits per heavy atom. The van der Waals surface area contributed by atoms with Gasteiger partial charge < -0.3 is 48.5 Å². The second kappa shape index (κ2) is 24.3. The molecule has 0 atom stereocenters. The minimum atomic E-state index is -1.18. The van der Waals surface area contributed by atoms with E-state index in [1.165, 1.54) is 18.2 Å². The van der Waals surface area contributed by atoms with Gasteiger partial charge >= 0.3 is 17.9 Å². The van der Waals surface area contributed by atoms with Crippen LogP contribution in [0.15, 0.2) is 109 Å². The minimum Gasteiger partial charge on any atom is -0.477 e. The van der Waals surface area contributed by atoms with E-state index in [-0.39, 0.29) is 72.8 Å². The van der Waals surface area contributed by atoms with Crippen LogP contribution < -0.4 is 33.2 Å². The van der Waals surface area contributed by atoms with Gasteiger partial charge in [-0.2, -0.15) is 0 Å². The van der Waals surface area contributed by atoms with Crippen LogP contribution in [0.4, 0.5) is 17.1 Å². The molecule has 0 aliphatic heterocycles. The topological polar surface area (TPSA) is 316 Å². The van der Waals surface area contributed by atoms with E-state index in [1.807, 2.05) is 0 Å². The van der Waals surface area contributed by atoms with Gasteiger partial charge in [0, 0.05) is 75.3 Å². The molecule has 18 nitrogen and oxygen atoms in total. The van der Waals surface area contributed by atoms with Gasteiger partial charge in [-0.05, 0) is 127 Å². The largest absolute Gasteiger partial charge is 0.477 e. The third kappa shape index (κ3) is 14.6. The van der Waals surface area contributed by atoms with E-state index in [0.29, 0.717) is 53.4 Å². The van der Waals surface area contributed by atoms with E-state index >= 15 is 0 Å². The molecule has 6 aromatic rings. The number of carboxylic acids is 3. The maximum absolute atomic E-state index is 11.9. The summed E-state index contributed by atoms with van der Waals surface area (Å²) in [7, 11) is 0. The monoisotopic (exact) mass is 1010 g/mol. The molecule has 1 radical (unpaired) electrons. The summed E-state index contributed by atoms with van der Waals surface area (Å²) >= 11 is 0. The van der Waals surface area contributed by atoms with E-state index in [9.17, 15) is 28.8 Å². The van der Waals surface area contributed by atoms with E-state index in [0.717, 1.165) is 16.7 Å². The number of hydrogen-bond acceptors (Lipinski definition) is 12. The first-order valence-corrected chi connectivity index (χ1v) is 19.2. The number of pyridine rings is 3. The molecule has 0 bridgehead atoms. The van der Waals surface area contributed by atoms with Crippen molar-refractivity contribution in [3.05, 3.63) is 143 Å². The van der Waals surface area contributed by atoms with Gasteiger partial charge in [-0.1, -0.05) is 36.4 Å². The number of carbonyl (C=O) groups excluding carboxylic acids is 3. The number of hydrogen-bond donors (Lipinski definition) is 9. The number of rotatable bonds is 12. The van der Waals surface area contributed by atoms with Gasteiger partial charge in [0.1, 0.15) is 34.2 Å². The Morgan fingerprint density at radius 1 is 0.391 bits per heavy atom. The average molecular weight is 1010 g/mol.